The maximum atomic E-state index is 11.0. The highest BCUT2D eigenvalue weighted by Gasteiger charge is 2.20. The van der Waals surface area contributed by atoms with Crippen LogP contribution in [0.15, 0.2) is 30.5 Å². The van der Waals surface area contributed by atoms with E-state index < -0.39 is 5.97 Å². The van der Waals surface area contributed by atoms with Gasteiger partial charge in [0.05, 0.1) is 11.9 Å². The highest BCUT2D eigenvalue weighted by molar-refractivity contribution is 5.84. The molecule has 1 saturated carbocycles. The number of carbonyl (C=O) groups is 1. The van der Waals surface area contributed by atoms with Gasteiger partial charge in [-0.3, -0.25) is 4.79 Å². The van der Waals surface area contributed by atoms with Crippen LogP contribution in [0.3, 0.4) is 0 Å². The molecule has 1 heterocycles. The molecule has 1 unspecified atom stereocenters. The number of aromatic nitrogens is 1. The van der Waals surface area contributed by atoms with Crippen LogP contribution < -0.4 is 0 Å². The van der Waals surface area contributed by atoms with Crippen LogP contribution in [0.4, 0.5) is 0 Å². The van der Waals surface area contributed by atoms with Crippen LogP contribution in [0.5, 0.6) is 0 Å². The highest BCUT2D eigenvalue weighted by Crippen LogP contribution is 2.32. The van der Waals surface area contributed by atoms with Crippen molar-refractivity contribution in [2.24, 2.45) is 5.92 Å². The fraction of sp³-hybridized carbons (Fsp3) is 0.471. The Balaban J connectivity index is 1.97. The summed E-state index contributed by atoms with van der Waals surface area (Å²) in [7, 11) is 0. The predicted octanol–water partition coefficient (Wildman–Crippen LogP) is 4.02. The summed E-state index contributed by atoms with van der Waals surface area (Å²) in [5, 5.41) is 10.2. The molecule has 1 aliphatic carbocycles. The first-order chi connectivity index (χ1) is 9.65. The third kappa shape index (κ3) is 2.45. The molecule has 106 valence electrons. The number of carboxylic acids is 1. The van der Waals surface area contributed by atoms with Crippen LogP contribution >= 0.6 is 0 Å². The van der Waals surface area contributed by atoms with Gasteiger partial charge in [-0.1, -0.05) is 31.5 Å². The zero-order valence-corrected chi connectivity index (χ0v) is 11.9. The molecule has 0 amide bonds. The molecule has 3 heteroatoms. The Morgan fingerprint density at radius 1 is 1.40 bits per heavy atom. The quantitative estimate of drug-likeness (QED) is 0.892. The molecule has 0 aliphatic heterocycles. The smallest absolute Gasteiger partial charge is 0.303 e. The van der Waals surface area contributed by atoms with Gasteiger partial charge in [-0.05, 0) is 41.7 Å². The third-order valence-electron chi connectivity index (χ3n) is 4.51. The molecule has 1 aliphatic rings. The molecule has 1 fully saturated rings. The largest absolute Gasteiger partial charge is 0.481 e. The number of nitrogens with zero attached hydrogens (tertiary/aromatic N) is 1. The Morgan fingerprint density at radius 3 is 2.85 bits per heavy atom. The monoisotopic (exact) mass is 271 g/mol. The van der Waals surface area contributed by atoms with Gasteiger partial charge < -0.3 is 9.67 Å². The van der Waals surface area contributed by atoms with Gasteiger partial charge in [-0.2, -0.15) is 0 Å². The van der Waals surface area contributed by atoms with Gasteiger partial charge in [-0.25, -0.2) is 0 Å². The molecule has 0 saturated heterocycles. The SMILES string of the molecule is CC(CC(=O)O)c1cccc2ccn(CC3CCC3)c12. The Morgan fingerprint density at radius 2 is 2.20 bits per heavy atom. The van der Waals surface area contributed by atoms with Crippen LogP contribution in [-0.4, -0.2) is 15.6 Å². The second kappa shape index (κ2) is 5.31. The maximum Gasteiger partial charge on any atom is 0.303 e. The molecule has 0 bridgehead atoms. The topological polar surface area (TPSA) is 42.2 Å². The van der Waals surface area contributed by atoms with Gasteiger partial charge in [0.1, 0.15) is 0 Å². The average molecular weight is 271 g/mol. The summed E-state index contributed by atoms with van der Waals surface area (Å²) in [6.45, 7) is 3.07. The van der Waals surface area contributed by atoms with E-state index in [1.807, 2.05) is 13.0 Å². The van der Waals surface area contributed by atoms with Crippen LogP contribution in [0.2, 0.25) is 0 Å². The van der Waals surface area contributed by atoms with Crippen molar-refractivity contribution in [1.82, 2.24) is 4.57 Å². The first kappa shape index (κ1) is 13.2. The zero-order valence-electron chi connectivity index (χ0n) is 11.9. The second-order valence-corrected chi connectivity index (χ2v) is 6.05. The van der Waals surface area contributed by atoms with E-state index in [0.717, 1.165) is 18.0 Å². The van der Waals surface area contributed by atoms with Crippen LogP contribution in [0.1, 0.15) is 44.1 Å². The lowest BCUT2D eigenvalue weighted by Crippen LogP contribution is -2.18. The van der Waals surface area contributed by atoms with Gasteiger partial charge >= 0.3 is 5.97 Å². The van der Waals surface area contributed by atoms with Gasteiger partial charge in [0.25, 0.3) is 0 Å². The molecule has 3 nitrogen and oxygen atoms in total. The second-order valence-electron chi connectivity index (χ2n) is 6.05. The molecule has 2 aromatic rings. The summed E-state index contributed by atoms with van der Waals surface area (Å²) < 4.78 is 2.33. The number of benzene rings is 1. The van der Waals surface area contributed by atoms with E-state index >= 15 is 0 Å². The van der Waals surface area contributed by atoms with E-state index in [0.29, 0.717) is 0 Å². The summed E-state index contributed by atoms with van der Waals surface area (Å²) in [6.07, 6.45) is 6.35. The van der Waals surface area contributed by atoms with Gasteiger partial charge in [0.15, 0.2) is 0 Å². The summed E-state index contributed by atoms with van der Waals surface area (Å²) in [5.41, 5.74) is 2.39. The van der Waals surface area contributed by atoms with Crippen LogP contribution in [0.25, 0.3) is 10.9 Å². The normalized spacial score (nSPS) is 17.1. The maximum absolute atomic E-state index is 11.0. The number of rotatable bonds is 5. The first-order valence-electron chi connectivity index (χ1n) is 7.44. The molecule has 1 aromatic heterocycles. The molecule has 3 rings (SSSR count). The minimum Gasteiger partial charge on any atom is -0.481 e. The lowest BCUT2D eigenvalue weighted by molar-refractivity contribution is -0.137. The van der Waals surface area contributed by atoms with E-state index in [1.165, 1.54) is 30.2 Å². The number of hydrogen-bond donors (Lipinski definition) is 1. The molecule has 0 spiro atoms. The average Bonchev–Trinajstić information content (AvgIpc) is 2.76. The third-order valence-corrected chi connectivity index (χ3v) is 4.51. The standard InChI is InChI=1S/C17H21NO2/c1-12(10-16(19)20)15-7-3-6-14-8-9-18(17(14)15)11-13-4-2-5-13/h3,6-9,12-13H,2,4-5,10-11H2,1H3,(H,19,20). The van der Waals surface area contributed by atoms with Crippen molar-refractivity contribution >= 4 is 16.9 Å². The van der Waals surface area contributed by atoms with E-state index in [1.54, 1.807) is 0 Å². The summed E-state index contributed by atoms with van der Waals surface area (Å²) >= 11 is 0. The van der Waals surface area contributed by atoms with Gasteiger partial charge in [0, 0.05) is 12.7 Å². The van der Waals surface area contributed by atoms with Crippen LogP contribution in [0, 0.1) is 5.92 Å². The summed E-state index contributed by atoms with van der Waals surface area (Å²) in [5.74, 6) is 0.117. The Labute approximate surface area is 119 Å². The zero-order chi connectivity index (χ0) is 14.1. The van der Waals surface area contributed by atoms with Crippen molar-refractivity contribution in [2.75, 3.05) is 0 Å². The number of hydrogen-bond acceptors (Lipinski definition) is 1. The van der Waals surface area contributed by atoms with Crippen molar-refractivity contribution in [3.63, 3.8) is 0 Å². The Bertz CT molecular complexity index is 625. The van der Waals surface area contributed by atoms with E-state index in [9.17, 15) is 4.79 Å². The molecule has 1 aromatic carbocycles. The van der Waals surface area contributed by atoms with Gasteiger partial charge in [-0.15, -0.1) is 0 Å². The molecule has 20 heavy (non-hydrogen) atoms. The van der Waals surface area contributed by atoms with Crippen molar-refractivity contribution in [3.8, 4) is 0 Å². The van der Waals surface area contributed by atoms with Crippen molar-refractivity contribution in [1.29, 1.82) is 0 Å². The lowest BCUT2D eigenvalue weighted by atomic mass is 9.85. The summed E-state index contributed by atoms with van der Waals surface area (Å²) in [6, 6.07) is 8.37. The molecular formula is C17H21NO2. The predicted molar refractivity (Wildman–Crippen MR) is 79.9 cm³/mol. The summed E-state index contributed by atoms with van der Waals surface area (Å²) in [4.78, 5) is 11.0. The first-order valence-corrected chi connectivity index (χ1v) is 7.44. The van der Waals surface area contributed by atoms with Crippen LogP contribution in [-0.2, 0) is 11.3 Å². The molecular weight excluding hydrogens is 250 g/mol. The fourth-order valence-corrected chi connectivity index (χ4v) is 3.17. The lowest BCUT2D eigenvalue weighted by Gasteiger charge is -2.26. The van der Waals surface area contributed by atoms with Crippen molar-refractivity contribution in [2.45, 2.75) is 45.1 Å². The van der Waals surface area contributed by atoms with Crippen molar-refractivity contribution in [3.05, 3.63) is 36.0 Å². The molecule has 1 atom stereocenters. The van der Waals surface area contributed by atoms with Gasteiger partial charge in [0.2, 0.25) is 0 Å². The Hall–Kier alpha value is -1.77. The molecule has 1 N–H and O–H groups in total. The number of para-hydroxylation sites is 1. The van der Waals surface area contributed by atoms with E-state index in [-0.39, 0.29) is 12.3 Å². The van der Waals surface area contributed by atoms with E-state index in [4.69, 9.17) is 5.11 Å². The fourth-order valence-electron chi connectivity index (χ4n) is 3.17. The van der Waals surface area contributed by atoms with E-state index in [2.05, 4.69) is 29.0 Å². The number of carboxylic acid groups (broad SMARTS) is 1. The van der Waals surface area contributed by atoms with Crippen molar-refractivity contribution < 1.29 is 9.90 Å². The molecule has 0 radical (unpaired) electrons. The number of fused-ring (bicyclic) bond motifs is 1. The minimum absolute atomic E-state index is 0.0474. The Kier molecular flexibility index (Phi) is 3.51. The minimum atomic E-state index is -0.730. The highest BCUT2D eigenvalue weighted by atomic mass is 16.4. The number of aliphatic carboxylic acids is 1.